The highest BCUT2D eigenvalue weighted by Crippen LogP contribution is 2.33. The molecule has 0 radical (unpaired) electrons. The molecule has 2 heterocycles. The molecule has 1 aliphatic heterocycles. The number of aromatic nitrogens is 1. The zero-order valence-corrected chi connectivity index (χ0v) is 17.1. The highest BCUT2D eigenvalue weighted by Gasteiger charge is 2.30. The summed E-state index contributed by atoms with van der Waals surface area (Å²) >= 11 is 1.43. The monoisotopic (exact) mass is 367 g/mol. The maximum atomic E-state index is 12.5. The van der Waals surface area contributed by atoms with Crippen LogP contribution in [-0.4, -0.2) is 34.6 Å². The van der Waals surface area contributed by atoms with E-state index in [2.05, 4.69) is 61.5 Å². The number of carbonyl (C=O) groups is 1. The van der Waals surface area contributed by atoms with Gasteiger partial charge in [-0.3, -0.25) is 14.7 Å². The molecule has 1 aliphatic rings. The van der Waals surface area contributed by atoms with Gasteiger partial charge in [0.05, 0.1) is 10.6 Å². The number of likely N-dealkylation sites (N-methyl/N-ethyl adjacent to an activating group) is 1. The van der Waals surface area contributed by atoms with Crippen LogP contribution in [0.15, 0.2) is 34.2 Å². The predicted octanol–water partition coefficient (Wildman–Crippen LogP) is 4.50. The zero-order chi connectivity index (χ0) is 19.0. The number of benzene rings is 1. The Morgan fingerprint density at radius 3 is 2.58 bits per heavy atom. The number of nitrogens with zero attached hydrogens (tertiary/aromatic N) is 3. The molecule has 5 heteroatoms. The Hall–Kier alpha value is -2.27. The number of rotatable bonds is 3. The van der Waals surface area contributed by atoms with Crippen LogP contribution in [0.2, 0.25) is 0 Å². The van der Waals surface area contributed by atoms with Crippen molar-refractivity contribution >= 4 is 28.9 Å². The molecular weight excluding hydrogens is 342 g/mol. The Kier molecular flexibility index (Phi) is 5.10. The van der Waals surface area contributed by atoms with E-state index in [0.29, 0.717) is 4.91 Å². The van der Waals surface area contributed by atoms with Crippen molar-refractivity contribution in [2.24, 2.45) is 4.99 Å². The number of para-hydroxylation sites is 1. The van der Waals surface area contributed by atoms with Gasteiger partial charge >= 0.3 is 0 Å². The van der Waals surface area contributed by atoms with Gasteiger partial charge in [-0.05, 0) is 67.8 Å². The van der Waals surface area contributed by atoms with Crippen LogP contribution >= 0.6 is 11.8 Å². The predicted molar refractivity (Wildman–Crippen MR) is 111 cm³/mol. The Morgan fingerprint density at radius 1 is 1.23 bits per heavy atom. The molecule has 0 atom stereocenters. The summed E-state index contributed by atoms with van der Waals surface area (Å²) in [5.74, 6) is 0.00513. The number of amides is 1. The van der Waals surface area contributed by atoms with Crippen molar-refractivity contribution in [2.75, 3.05) is 14.1 Å². The van der Waals surface area contributed by atoms with Crippen LogP contribution in [0.1, 0.15) is 35.0 Å². The summed E-state index contributed by atoms with van der Waals surface area (Å²) in [6, 6.07) is 8.61. The average Bonchev–Trinajstić information content (AvgIpc) is 3.05. The standard InChI is InChI=1S/C21H25N3OS/c1-7-16-10-8-9-13(2)19(16)24-14(3)11-17(15(24)4)12-18-20(25)23(6)21(22-5)26-18/h8-12H,7H2,1-6H3/b18-12-,22-21?. The SMILES string of the molecule is CCc1cccc(C)c1-n1c(C)cc(/C=C2\SC(=NC)N(C)C2=O)c1C. The van der Waals surface area contributed by atoms with Crippen molar-refractivity contribution in [3.8, 4) is 5.69 Å². The van der Waals surface area contributed by atoms with Crippen molar-refractivity contribution in [2.45, 2.75) is 34.1 Å². The topological polar surface area (TPSA) is 37.6 Å². The van der Waals surface area contributed by atoms with Gasteiger partial charge in [0.1, 0.15) is 0 Å². The maximum Gasteiger partial charge on any atom is 0.266 e. The minimum atomic E-state index is 0.00513. The molecule has 0 saturated carbocycles. The van der Waals surface area contributed by atoms with Crippen molar-refractivity contribution in [1.29, 1.82) is 0 Å². The van der Waals surface area contributed by atoms with E-state index in [0.717, 1.165) is 22.8 Å². The van der Waals surface area contributed by atoms with Crippen LogP contribution in [-0.2, 0) is 11.2 Å². The lowest BCUT2D eigenvalue weighted by molar-refractivity contribution is -0.121. The number of carbonyl (C=O) groups excluding carboxylic acids is 1. The third-order valence-corrected chi connectivity index (χ3v) is 6.03. The molecule has 2 aromatic rings. The number of aryl methyl sites for hydroxylation is 3. The fourth-order valence-corrected chi connectivity index (χ4v) is 4.41. The summed E-state index contributed by atoms with van der Waals surface area (Å²) < 4.78 is 2.31. The van der Waals surface area contributed by atoms with Gasteiger partial charge in [0.25, 0.3) is 5.91 Å². The number of thioether (sulfide) groups is 1. The Morgan fingerprint density at radius 2 is 1.96 bits per heavy atom. The van der Waals surface area contributed by atoms with Crippen molar-refractivity contribution in [1.82, 2.24) is 9.47 Å². The second-order valence-corrected chi connectivity index (χ2v) is 7.59. The van der Waals surface area contributed by atoms with E-state index < -0.39 is 0 Å². The Balaban J connectivity index is 2.12. The summed E-state index contributed by atoms with van der Waals surface area (Å²) in [6.45, 7) is 8.58. The van der Waals surface area contributed by atoms with Gasteiger partial charge < -0.3 is 4.57 Å². The Labute approximate surface area is 159 Å². The number of hydrogen-bond donors (Lipinski definition) is 0. The summed E-state index contributed by atoms with van der Waals surface area (Å²) in [5, 5.41) is 0.738. The minimum Gasteiger partial charge on any atom is -0.317 e. The smallest absolute Gasteiger partial charge is 0.266 e. The Bertz CT molecular complexity index is 937. The molecule has 0 unspecified atom stereocenters. The second-order valence-electron chi connectivity index (χ2n) is 6.58. The van der Waals surface area contributed by atoms with E-state index in [1.165, 1.54) is 34.3 Å². The summed E-state index contributed by atoms with van der Waals surface area (Å²) in [6.07, 6.45) is 2.98. The van der Waals surface area contributed by atoms with E-state index in [4.69, 9.17) is 0 Å². The molecule has 1 saturated heterocycles. The summed E-state index contributed by atoms with van der Waals surface area (Å²) in [4.78, 5) is 19.0. The molecule has 0 spiro atoms. The van der Waals surface area contributed by atoms with Crippen molar-refractivity contribution in [3.63, 3.8) is 0 Å². The normalized spacial score (nSPS) is 17.8. The molecule has 1 aromatic heterocycles. The first kappa shape index (κ1) is 18.5. The molecule has 1 amide bonds. The van der Waals surface area contributed by atoms with Crippen LogP contribution in [0.3, 0.4) is 0 Å². The lowest BCUT2D eigenvalue weighted by Crippen LogP contribution is -2.23. The third kappa shape index (κ3) is 3.01. The first-order chi connectivity index (χ1) is 12.4. The number of amidine groups is 1. The fourth-order valence-electron chi connectivity index (χ4n) is 3.49. The highest BCUT2D eigenvalue weighted by atomic mass is 32.2. The lowest BCUT2D eigenvalue weighted by atomic mass is 10.1. The molecule has 1 fully saturated rings. The molecule has 0 bridgehead atoms. The summed E-state index contributed by atoms with van der Waals surface area (Å²) in [5.41, 5.74) is 7.25. The van der Waals surface area contributed by atoms with Gasteiger partial charge in [0.15, 0.2) is 5.17 Å². The fraction of sp³-hybridized carbons (Fsp3) is 0.333. The average molecular weight is 368 g/mol. The molecule has 1 aromatic carbocycles. The van der Waals surface area contributed by atoms with Gasteiger partial charge in [-0.25, -0.2) is 0 Å². The van der Waals surface area contributed by atoms with Crippen molar-refractivity contribution < 1.29 is 4.79 Å². The van der Waals surface area contributed by atoms with Gasteiger partial charge in [-0.15, -0.1) is 0 Å². The maximum absolute atomic E-state index is 12.5. The zero-order valence-electron chi connectivity index (χ0n) is 16.3. The van der Waals surface area contributed by atoms with Crippen LogP contribution < -0.4 is 0 Å². The largest absolute Gasteiger partial charge is 0.317 e. The van der Waals surface area contributed by atoms with E-state index in [-0.39, 0.29) is 5.91 Å². The van der Waals surface area contributed by atoms with Crippen LogP contribution in [0.4, 0.5) is 0 Å². The molecule has 4 nitrogen and oxygen atoms in total. The van der Waals surface area contributed by atoms with Crippen LogP contribution in [0.5, 0.6) is 0 Å². The molecular formula is C21H25N3OS. The van der Waals surface area contributed by atoms with E-state index in [1.54, 1.807) is 19.0 Å². The molecule has 3 rings (SSSR count). The first-order valence-corrected chi connectivity index (χ1v) is 9.62. The second kappa shape index (κ2) is 7.16. The van der Waals surface area contributed by atoms with Crippen LogP contribution in [0, 0.1) is 20.8 Å². The molecule has 26 heavy (non-hydrogen) atoms. The van der Waals surface area contributed by atoms with Gasteiger partial charge in [-0.1, -0.05) is 25.1 Å². The van der Waals surface area contributed by atoms with E-state index in [9.17, 15) is 4.79 Å². The van der Waals surface area contributed by atoms with Crippen LogP contribution in [0.25, 0.3) is 11.8 Å². The minimum absolute atomic E-state index is 0.00513. The quantitative estimate of drug-likeness (QED) is 0.749. The number of hydrogen-bond acceptors (Lipinski definition) is 3. The van der Waals surface area contributed by atoms with Crippen molar-refractivity contribution in [3.05, 3.63) is 57.2 Å². The van der Waals surface area contributed by atoms with Gasteiger partial charge in [0.2, 0.25) is 0 Å². The highest BCUT2D eigenvalue weighted by molar-refractivity contribution is 8.18. The molecule has 0 aliphatic carbocycles. The van der Waals surface area contributed by atoms with Gasteiger partial charge in [0, 0.05) is 25.5 Å². The van der Waals surface area contributed by atoms with Gasteiger partial charge in [-0.2, -0.15) is 0 Å². The molecule has 0 N–H and O–H groups in total. The van der Waals surface area contributed by atoms with E-state index in [1.807, 2.05) is 6.08 Å². The number of aliphatic imine (C=N–C) groups is 1. The molecule has 136 valence electrons. The summed E-state index contributed by atoms with van der Waals surface area (Å²) in [7, 11) is 3.48. The lowest BCUT2D eigenvalue weighted by Gasteiger charge is -2.17. The van der Waals surface area contributed by atoms with E-state index >= 15 is 0 Å². The first-order valence-electron chi connectivity index (χ1n) is 8.81. The third-order valence-electron chi connectivity index (χ3n) is 4.88.